The second kappa shape index (κ2) is 22.3. The van der Waals surface area contributed by atoms with E-state index in [1.165, 1.54) is 37.1 Å². The minimum Gasteiger partial charge on any atom is -0.508 e. The number of rotatable bonds is 9. The van der Waals surface area contributed by atoms with Crippen LogP contribution in [-0.2, 0) is 55.6 Å². The van der Waals surface area contributed by atoms with Crippen LogP contribution in [0.25, 0.3) is 0 Å². The third-order valence-electron chi connectivity index (χ3n) is 10.5. The van der Waals surface area contributed by atoms with Gasteiger partial charge in [-0.1, -0.05) is 46.2 Å². The maximum atomic E-state index is 14.2. The van der Waals surface area contributed by atoms with Crippen LogP contribution < -0.4 is 37.2 Å². The molecular formula is C39H60N8O11S. The summed E-state index contributed by atoms with van der Waals surface area (Å²) in [5.41, 5.74) is 0.555. The van der Waals surface area contributed by atoms with Crippen LogP contribution >= 0.6 is 0 Å². The molecule has 8 amide bonds. The summed E-state index contributed by atoms with van der Waals surface area (Å²) in [6, 6.07) is -3.01. The Bertz CT molecular complexity index is 1730. The van der Waals surface area contributed by atoms with E-state index in [2.05, 4.69) is 37.2 Å². The molecular weight excluding hydrogens is 789 g/mol. The van der Waals surface area contributed by atoms with Gasteiger partial charge in [0.15, 0.2) is 0 Å². The quantitative estimate of drug-likeness (QED) is 0.129. The molecule has 20 heteroatoms. The van der Waals surface area contributed by atoms with E-state index >= 15 is 0 Å². The molecule has 2 aliphatic rings. The van der Waals surface area contributed by atoms with Crippen molar-refractivity contribution in [1.82, 2.24) is 42.1 Å². The first kappa shape index (κ1) is 48.3. The Morgan fingerprint density at radius 3 is 1.97 bits per heavy atom. The largest absolute Gasteiger partial charge is 0.508 e. The molecule has 0 aliphatic carbocycles. The lowest BCUT2D eigenvalue weighted by Crippen LogP contribution is -2.62. The first-order chi connectivity index (χ1) is 27.7. The van der Waals surface area contributed by atoms with Crippen LogP contribution in [0.3, 0.4) is 0 Å². The summed E-state index contributed by atoms with van der Waals surface area (Å²) >= 11 is 0. The molecule has 328 valence electrons. The van der Waals surface area contributed by atoms with E-state index < -0.39 is 125 Å². The Morgan fingerprint density at radius 1 is 0.763 bits per heavy atom. The molecule has 0 aromatic heterocycles. The number of aromatic hydroxyl groups is 1. The highest BCUT2D eigenvalue weighted by atomic mass is 32.2. The fourth-order valence-electron chi connectivity index (χ4n) is 6.70. The molecule has 59 heavy (non-hydrogen) atoms. The number of amides is 8. The molecule has 2 saturated heterocycles. The molecule has 1 aromatic carbocycles. The molecule has 19 nitrogen and oxygen atoms in total. The van der Waals surface area contributed by atoms with Crippen LogP contribution in [0.15, 0.2) is 24.3 Å². The van der Waals surface area contributed by atoms with Crippen LogP contribution in [0.2, 0.25) is 0 Å². The monoisotopic (exact) mass is 848 g/mol. The fraction of sp³-hybridized carbons (Fsp3) is 0.641. The number of nitrogens with zero attached hydrogens (tertiary/aromatic N) is 1. The third-order valence-corrected chi connectivity index (χ3v) is 11.3. The van der Waals surface area contributed by atoms with Gasteiger partial charge in [0.1, 0.15) is 48.0 Å². The number of benzene rings is 1. The summed E-state index contributed by atoms with van der Waals surface area (Å²) in [7, 11) is -1.41. The fourth-order valence-corrected chi connectivity index (χ4v) is 7.27. The minimum atomic E-state index is -1.62. The molecule has 0 radical (unpaired) electrons. The number of nitrogens with one attached hydrogen (secondary N) is 7. The van der Waals surface area contributed by atoms with Gasteiger partial charge < -0.3 is 52.3 Å². The van der Waals surface area contributed by atoms with Crippen LogP contribution in [0.4, 0.5) is 0 Å². The number of carbonyl (C=O) groups is 8. The van der Waals surface area contributed by atoms with E-state index in [1.54, 1.807) is 39.8 Å². The van der Waals surface area contributed by atoms with Gasteiger partial charge in [0.2, 0.25) is 47.3 Å². The lowest BCUT2D eigenvalue weighted by Gasteiger charge is -2.31. The Balaban J connectivity index is 2.06. The van der Waals surface area contributed by atoms with Crippen molar-refractivity contribution in [2.45, 2.75) is 122 Å². The van der Waals surface area contributed by atoms with Gasteiger partial charge in [0.05, 0.1) is 12.6 Å². The molecule has 2 aliphatic heterocycles. The number of aliphatic hydroxyl groups excluding tert-OH is 1. The van der Waals surface area contributed by atoms with E-state index in [0.29, 0.717) is 18.4 Å². The maximum absolute atomic E-state index is 14.2. The molecule has 9 N–H and O–H groups in total. The Labute approximate surface area is 346 Å². The molecule has 0 saturated carbocycles. The van der Waals surface area contributed by atoms with Crippen LogP contribution in [-0.4, -0.2) is 140 Å². The highest BCUT2D eigenvalue weighted by Gasteiger charge is 2.40. The summed E-state index contributed by atoms with van der Waals surface area (Å²) in [5.74, 6) is -7.15. The minimum absolute atomic E-state index is 0.0260. The average molecular weight is 849 g/mol. The number of hydrogen-bond acceptors (Lipinski definition) is 11. The van der Waals surface area contributed by atoms with E-state index in [0.717, 1.165) is 0 Å². The van der Waals surface area contributed by atoms with Crippen molar-refractivity contribution < 1.29 is 52.8 Å². The van der Waals surface area contributed by atoms with Crippen molar-refractivity contribution in [2.75, 3.05) is 25.1 Å². The normalized spacial score (nSPS) is 27.7. The summed E-state index contributed by atoms with van der Waals surface area (Å²) in [5, 5.41) is 38.4. The highest BCUT2D eigenvalue weighted by molar-refractivity contribution is 7.84. The van der Waals surface area contributed by atoms with Crippen molar-refractivity contribution in [3.8, 4) is 5.75 Å². The Hall–Kier alpha value is -5.11. The van der Waals surface area contributed by atoms with Gasteiger partial charge in [-0.05, 0) is 62.6 Å². The molecule has 1 unspecified atom stereocenters. The molecule has 0 bridgehead atoms. The maximum Gasteiger partial charge on any atom is 0.246 e. The van der Waals surface area contributed by atoms with E-state index in [-0.39, 0.29) is 37.3 Å². The number of phenols is 1. The first-order valence-corrected chi connectivity index (χ1v) is 21.6. The molecule has 0 spiro atoms. The first-order valence-electron chi connectivity index (χ1n) is 19.9. The average Bonchev–Trinajstić information content (AvgIpc) is 3.68. The van der Waals surface area contributed by atoms with Crippen molar-refractivity contribution in [3.05, 3.63) is 29.8 Å². The van der Waals surface area contributed by atoms with Gasteiger partial charge in [-0.3, -0.25) is 42.6 Å². The van der Waals surface area contributed by atoms with Crippen molar-refractivity contribution in [3.63, 3.8) is 0 Å². The lowest BCUT2D eigenvalue weighted by atomic mass is 9.96. The lowest BCUT2D eigenvalue weighted by molar-refractivity contribution is -0.142. The second-order valence-electron chi connectivity index (χ2n) is 15.6. The highest BCUT2D eigenvalue weighted by Crippen LogP contribution is 2.21. The standard InChI is InChI=1S/C39H60N8O11S/c1-8-21(4)31-37(55)44-30(20(2)3)36(54)40-19-29(50)42-27(18-24-11-13-25(49)14-12-24)39(57)47-16-9-10-28(47)35(53)43-26(15-17-59(7)58)34(52)46-32(23(6)48)38(56)41-22(5)33(51)45-31/h11-14,20-23,26-28,30-32,48-49H,8-10,15-19H2,1-7H3,(H,40,54)(H,41,56)(H,42,50)(H,43,53)(H,44,55)(H,45,51)(H,46,52)/t21-,22-,23+,26-,27-,28-,30-,31-,32-,59?/m0/s1. The number of aliphatic hydroxyl groups is 1. The van der Waals surface area contributed by atoms with Gasteiger partial charge in [0.25, 0.3) is 0 Å². The zero-order chi connectivity index (χ0) is 44.1. The van der Waals surface area contributed by atoms with E-state index in [1.807, 2.05) is 0 Å². The third kappa shape index (κ3) is 14.0. The van der Waals surface area contributed by atoms with Crippen LogP contribution in [0, 0.1) is 11.8 Å². The van der Waals surface area contributed by atoms with Crippen molar-refractivity contribution >= 4 is 58.1 Å². The second-order valence-corrected chi connectivity index (χ2v) is 17.1. The number of fused-ring (bicyclic) bond motifs is 1. The van der Waals surface area contributed by atoms with Crippen LogP contribution in [0.1, 0.15) is 72.8 Å². The SMILES string of the molecule is CC[C@H](C)[C@@H]1NC(=O)[C@H](C)NC(=O)[C@H]([C@@H](C)O)NC(=O)[C@H](CCS(C)=O)NC(=O)[C@@H]2CCCN2C(=O)[C@H](Cc2ccc(O)cc2)NC(=O)CNC(=O)[C@H](C(C)C)NC1=O. The topological polar surface area (TPSA) is 282 Å². The molecule has 10 atom stereocenters. The number of phenolic OH excluding ortho intramolecular Hbond substituents is 1. The Morgan fingerprint density at radius 2 is 1.37 bits per heavy atom. The summed E-state index contributed by atoms with van der Waals surface area (Å²) in [6.07, 6.45) is 0.723. The molecule has 3 rings (SSSR count). The van der Waals surface area contributed by atoms with Crippen molar-refractivity contribution in [1.29, 1.82) is 0 Å². The predicted octanol–water partition coefficient (Wildman–Crippen LogP) is -2.16. The smallest absolute Gasteiger partial charge is 0.246 e. The van der Waals surface area contributed by atoms with Gasteiger partial charge in [-0.15, -0.1) is 0 Å². The van der Waals surface area contributed by atoms with Gasteiger partial charge in [-0.25, -0.2) is 0 Å². The summed E-state index contributed by atoms with van der Waals surface area (Å²) < 4.78 is 12.1. The molecule has 2 heterocycles. The molecule has 1 aromatic rings. The van der Waals surface area contributed by atoms with Crippen molar-refractivity contribution in [2.24, 2.45) is 11.8 Å². The summed E-state index contributed by atoms with van der Waals surface area (Å²) in [4.78, 5) is 111. The predicted molar refractivity (Wildman–Crippen MR) is 216 cm³/mol. The zero-order valence-electron chi connectivity index (χ0n) is 34.7. The Kier molecular flexibility index (Phi) is 18.3. The van der Waals surface area contributed by atoms with Gasteiger partial charge in [-0.2, -0.15) is 0 Å². The number of hydrogen-bond donors (Lipinski definition) is 9. The van der Waals surface area contributed by atoms with E-state index in [4.69, 9.17) is 0 Å². The van der Waals surface area contributed by atoms with Crippen LogP contribution in [0.5, 0.6) is 5.75 Å². The van der Waals surface area contributed by atoms with E-state index in [9.17, 15) is 52.8 Å². The van der Waals surface area contributed by atoms with Gasteiger partial charge >= 0.3 is 0 Å². The zero-order valence-corrected chi connectivity index (χ0v) is 35.5. The summed E-state index contributed by atoms with van der Waals surface area (Å²) in [6.45, 7) is 8.95. The van der Waals surface area contributed by atoms with Gasteiger partial charge in [0, 0.05) is 35.8 Å². The number of carbonyl (C=O) groups excluding carboxylic acids is 8. The molecule has 2 fully saturated rings.